The Bertz CT molecular complexity index is 549. The summed E-state index contributed by atoms with van der Waals surface area (Å²) in [4.78, 5) is 17.6. The van der Waals surface area contributed by atoms with Gasteiger partial charge in [0.2, 0.25) is 0 Å². The van der Waals surface area contributed by atoms with Gasteiger partial charge >= 0.3 is 0 Å². The molecule has 2 aromatic rings. The van der Waals surface area contributed by atoms with E-state index in [9.17, 15) is 4.79 Å². The van der Waals surface area contributed by atoms with Gasteiger partial charge in [-0.05, 0) is 13.8 Å². The third kappa shape index (κ3) is 3.88. The van der Waals surface area contributed by atoms with Gasteiger partial charge in [0.15, 0.2) is 11.7 Å². The minimum absolute atomic E-state index is 0.0256. The first kappa shape index (κ1) is 14.7. The molecular formula is C15H20N3OS+. The van der Waals surface area contributed by atoms with Crippen LogP contribution in [0.5, 0.6) is 0 Å². The normalized spacial score (nSPS) is 10.8. The van der Waals surface area contributed by atoms with Gasteiger partial charge in [-0.3, -0.25) is 10.1 Å². The van der Waals surface area contributed by atoms with E-state index < -0.39 is 0 Å². The zero-order valence-electron chi connectivity index (χ0n) is 11.8. The van der Waals surface area contributed by atoms with Crippen LogP contribution in [-0.4, -0.2) is 30.5 Å². The smallest absolute Gasteiger partial charge is 0.281 e. The van der Waals surface area contributed by atoms with Gasteiger partial charge in [0.25, 0.3) is 5.91 Å². The fourth-order valence-electron chi connectivity index (χ4n) is 1.96. The lowest BCUT2D eigenvalue weighted by Crippen LogP contribution is -3.12. The molecule has 2 N–H and O–H groups in total. The number of likely N-dealkylation sites (N-methyl/N-ethyl adjacent to an activating group) is 1. The zero-order chi connectivity index (χ0) is 14.4. The number of hydrogen-bond donors (Lipinski definition) is 2. The number of aromatic nitrogens is 1. The largest absolute Gasteiger partial charge is 0.328 e. The highest BCUT2D eigenvalue weighted by Crippen LogP contribution is 2.24. The highest BCUT2D eigenvalue weighted by atomic mass is 32.1. The average molecular weight is 290 g/mol. The number of carbonyl (C=O) groups is 1. The molecular weight excluding hydrogens is 270 g/mol. The summed E-state index contributed by atoms with van der Waals surface area (Å²) in [6, 6.07) is 9.97. The lowest BCUT2D eigenvalue weighted by molar-refractivity contribution is -0.888. The summed E-state index contributed by atoms with van der Waals surface area (Å²) in [6.45, 7) is 6.58. The molecule has 0 unspecified atom stereocenters. The number of hydrogen-bond acceptors (Lipinski definition) is 3. The van der Waals surface area contributed by atoms with Gasteiger partial charge in [-0.2, -0.15) is 0 Å². The van der Waals surface area contributed by atoms with Gasteiger partial charge in [0.1, 0.15) is 0 Å². The fraction of sp³-hybridized carbons (Fsp3) is 0.333. The summed E-state index contributed by atoms with van der Waals surface area (Å²) in [7, 11) is 0. The van der Waals surface area contributed by atoms with Crippen molar-refractivity contribution < 1.29 is 9.69 Å². The van der Waals surface area contributed by atoms with Crippen molar-refractivity contribution in [3.05, 3.63) is 35.7 Å². The molecule has 0 spiro atoms. The number of nitrogens with one attached hydrogen (secondary N) is 2. The van der Waals surface area contributed by atoms with Gasteiger partial charge in [-0.1, -0.05) is 30.3 Å². The van der Waals surface area contributed by atoms with Crippen molar-refractivity contribution in [3.8, 4) is 11.3 Å². The zero-order valence-corrected chi connectivity index (χ0v) is 12.7. The Morgan fingerprint density at radius 2 is 1.95 bits per heavy atom. The van der Waals surface area contributed by atoms with Crippen molar-refractivity contribution in [2.45, 2.75) is 13.8 Å². The van der Waals surface area contributed by atoms with Gasteiger partial charge in [-0.15, -0.1) is 11.3 Å². The Hall–Kier alpha value is -1.72. The maximum atomic E-state index is 11.9. The molecule has 0 aliphatic rings. The van der Waals surface area contributed by atoms with Crippen molar-refractivity contribution in [1.82, 2.24) is 4.98 Å². The van der Waals surface area contributed by atoms with Crippen LogP contribution in [0.25, 0.3) is 11.3 Å². The van der Waals surface area contributed by atoms with Crippen LogP contribution in [0.15, 0.2) is 35.7 Å². The molecule has 106 valence electrons. The number of thiazole rings is 1. The number of carbonyl (C=O) groups excluding carboxylic acids is 1. The van der Waals surface area contributed by atoms with Gasteiger partial charge < -0.3 is 4.90 Å². The van der Waals surface area contributed by atoms with E-state index in [1.165, 1.54) is 16.2 Å². The van der Waals surface area contributed by atoms with Crippen LogP contribution in [0.4, 0.5) is 5.13 Å². The maximum absolute atomic E-state index is 11.9. The highest BCUT2D eigenvalue weighted by molar-refractivity contribution is 7.14. The second-order valence-corrected chi connectivity index (χ2v) is 5.44. The van der Waals surface area contributed by atoms with E-state index in [0.29, 0.717) is 11.7 Å². The summed E-state index contributed by atoms with van der Waals surface area (Å²) >= 11 is 1.46. The number of anilines is 1. The minimum Gasteiger partial charge on any atom is -0.328 e. The molecule has 5 heteroatoms. The number of amides is 1. The average Bonchev–Trinajstić information content (AvgIpc) is 2.94. The summed E-state index contributed by atoms with van der Waals surface area (Å²) in [5.74, 6) is 0.0256. The van der Waals surface area contributed by atoms with Crippen molar-refractivity contribution in [1.29, 1.82) is 0 Å². The van der Waals surface area contributed by atoms with Crippen LogP contribution in [0.2, 0.25) is 0 Å². The molecule has 0 bridgehead atoms. The van der Waals surface area contributed by atoms with Crippen molar-refractivity contribution in [3.63, 3.8) is 0 Å². The molecule has 4 nitrogen and oxygen atoms in total. The minimum atomic E-state index is 0.0256. The molecule has 0 fully saturated rings. The molecule has 0 radical (unpaired) electrons. The van der Waals surface area contributed by atoms with Crippen LogP contribution in [0, 0.1) is 0 Å². The lowest BCUT2D eigenvalue weighted by Gasteiger charge is -2.13. The summed E-state index contributed by atoms with van der Waals surface area (Å²) in [6.07, 6.45) is 0. The SMILES string of the molecule is CC[NH+](CC)CC(=O)Nc1nc(-c2ccccc2)cs1. The maximum Gasteiger partial charge on any atom is 0.281 e. The number of nitrogens with zero attached hydrogens (tertiary/aromatic N) is 1. The lowest BCUT2D eigenvalue weighted by atomic mass is 10.2. The number of benzene rings is 1. The summed E-state index contributed by atoms with van der Waals surface area (Å²) in [5, 5.41) is 5.51. The van der Waals surface area contributed by atoms with Crippen molar-refractivity contribution >= 4 is 22.4 Å². The molecule has 0 saturated heterocycles. The van der Waals surface area contributed by atoms with Gasteiger partial charge in [0, 0.05) is 10.9 Å². The van der Waals surface area contributed by atoms with Gasteiger partial charge in [0.05, 0.1) is 18.8 Å². The molecule has 0 atom stereocenters. The first-order valence-electron chi connectivity index (χ1n) is 6.87. The van der Waals surface area contributed by atoms with E-state index in [1.807, 2.05) is 35.7 Å². The van der Waals surface area contributed by atoms with Crippen LogP contribution in [0.1, 0.15) is 13.8 Å². The van der Waals surface area contributed by atoms with Crippen molar-refractivity contribution in [2.24, 2.45) is 0 Å². The second kappa shape index (κ2) is 7.17. The van der Waals surface area contributed by atoms with E-state index in [0.717, 1.165) is 24.3 Å². The predicted octanol–water partition coefficient (Wildman–Crippen LogP) is 1.67. The molecule has 0 aliphatic carbocycles. The Balaban J connectivity index is 1.98. The Labute approximate surface area is 123 Å². The van der Waals surface area contributed by atoms with Crippen LogP contribution >= 0.6 is 11.3 Å². The second-order valence-electron chi connectivity index (χ2n) is 4.59. The van der Waals surface area contributed by atoms with Gasteiger partial charge in [-0.25, -0.2) is 4.98 Å². The van der Waals surface area contributed by atoms with Crippen LogP contribution in [-0.2, 0) is 4.79 Å². The molecule has 0 saturated carbocycles. The topological polar surface area (TPSA) is 46.4 Å². The third-order valence-electron chi connectivity index (χ3n) is 3.23. The van der Waals surface area contributed by atoms with E-state index in [1.54, 1.807) is 0 Å². The molecule has 1 aromatic heterocycles. The number of rotatable bonds is 6. The third-order valence-corrected chi connectivity index (χ3v) is 3.99. The molecule has 1 heterocycles. The van der Waals surface area contributed by atoms with Crippen LogP contribution < -0.4 is 10.2 Å². The standard InChI is InChI=1S/C15H19N3OS/c1-3-18(4-2)10-14(19)17-15-16-13(11-20-15)12-8-6-5-7-9-12/h5-9,11H,3-4,10H2,1-2H3,(H,16,17,19)/p+1. The number of quaternary nitrogens is 1. The molecule has 1 amide bonds. The van der Waals surface area contributed by atoms with E-state index in [4.69, 9.17) is 0 Å². The summed E-state index contributed by atoms with van der Waals surface area (Å²) < 4.78 is 0. The van der Waals surface area contributed by atoms with E-state index in [2.05, 4.69) is 24.1 Å². The summed E-state index contributed by atoms with van der Waals surface area (Å²) in [5.41, 5.74) is 1.97. The highest BCUT2D eigenvalue weighted by Gasteiger charge is 2.12. The first-order valence-corrected chi connectivity index (χ1v) is 7.75. The molecule has 20 heavy (non-hydrogen) atoms. The molecule has 1 aromatic carbocycles. The molecule has 2 rings (SSSR count). The fourth-order valence-corrected chi connectivity index (χ4v) is 2.70. The Morgan fingerprint density at radius 3 is 2.60 bits per heavy atom. The quantitative estimate of drug-likeness (QED) is 0.850. The van der Waals surface area contributed by atoms with Crippen molar-refractivity contribution in [2.75, 3.05) is 25.0 Å². The van der Waals surface area contributed by atoms with E-state index >= 15 is 0 Å². The van der Waals surface area contributed by atoms with E-state index in [-0.39, 0.29) is 5.91 Å². The monoisotopic (exact) mass is 290 g/mol. The predicted molar refractivity (Wildman–Crippen MR) is 83.1 cm³/mol. The first-order chi connectivity index (χ1) is 9.72. The van der Waals surface area contributed by atoms with Crippen LogP contribution in [0.3, 0.4) is 0 Å². The Kier molecular flexibility index (Phi) is 5.26. The Morgan fingerprint density at radius 1 is 1.25 bits per heavy atom. The molecule has 0 aliphatic heterocycles.